The fourth-order valence-corrected chi connectivity index (χ4v) is 0. The molecule has 0 aliphatic rings. The summed E-state index contributed by atoms with van der Waals surface area (Å²) < 4.78 is 14.1. The van der Waals surface area contributed by atoms with Gasteiger partial charge in [0, 0.05) is 0 Å². The fraction of sp³-hybridized carbons (Fsp3) is 0. The zero-order chi connectivity index (χ0) is 2.71. The molecule has 0 saturated carbocycles. The molecule has 0 atom stereocenters. The van der Waals surface area contributed by atoms with Crippen LogP contribution in [0.3, 0.4) is 0 Å². The Morgan fingerprint density at radius 2 is 1.25 bits per heavy atom. The van der Waals surface area contributed by atoms with Gasteiger partial charge < -0.3 is 9.11 Å². The van der Waals surface area contributed by atoms with Crippen molar-refractivity contribution in [3.63, 3.8) is 0 Å². The Morgan fingerprint density at radius 3 is 1.25 bits per heavy atom. The van der Waals surface area contributed by atoms with Crippen LogP contribution in [0.4, 0.5) is 0 Å². The van der Waals surface area contributed by atoms with Crippen LogP contribution in [0.15, 0.2) is 0 Å². The summed E-state index contributed by atoms with van der Waals surface area (Å²) in [7, 11) is 0. The van der Waals surface area contributed by atoms with Gasteiger partial charge in [-0.25, -0.2) is 0 Å². The first-order chi connectivity index (χ1) is 1.41. The molecule has 0 aromatic rings. The maximum absolute atomic E-state index is 7.04. The van der Waals surface area contributed by atoms with E-state index in [0.29, 0.717) is 0 Å². The van der Waals surface area contributed by atoms with Gasteiger partial charge in [-0.2, -0.15) is 0 Å². The van der Waals surface area contributed by atoms with Crippen molar-refractivity contribution < 1.29 is 9.11 Å². The molecule has 2 nitrogen and oxygen atoms in total. The minimum atomic E-state index is -0.250. The van der Waals surface area contributed by atoms with Crippen LogP contribution in [-0.4, -0.2) is 28.0 Å². The van der Waals surface area contributed by atoms with E-state index in [4.69, 9.17) is 9.11 Å². The van der Waals surface area contributed by atoms with E-state index in [1.165, 1.54) is 0 Å². The molecule has 4 heteroatoms. The molecule has 0 rings (SSSR count). The molecule has 0 radical (unpaired) electrons. The molecule has 0 heterocycles. The molecule has 0 aliphatic carbocycles. The Balaban J connectivity index is 0. The second kappa shape index (κ2) is 9.12. The van der Waals surface area contributed by atoms with Crippen LogP contribution < -0.4 is 0 Å². The van der Waals surface area contributed by atoms with Crippen molar-refractivity contribution in [3.05, 3.63) is 0 Å². The van der Waals surface area contributed by atoms with Gasteiger partial charge in [0.25, 0.3) is 0 Å². The summed E-state index contributed by atoms with van der Waals surface area (Å²) in [5.74, 6) is 0. The molecule has 22 valence electrons. The summed E-state index contributed by atoms with van der Waals surface area (Å²) in [5, 5.41) is 0. The van der Waals surface area contributed by atoms with E-state index in [1.54, 1.807) is 0 Å². The van der Waals surface area contributed by atoms with Gasteiger partial charge in [-0.1, -0.05) is 0 Å². The van der Waals surface area contributed by atoms with Gasteiger partial charge in [-0.05, 0) is 0 Å². The van der Waals surface area contributed by atoms with Crippen molar-refractivity contribution in [2.24, 2.45) is 0 Å². The zero-order valence-electron chi connectivity index (χ0n) is 1.30. The Bertz CT molecular complexity index is 6.00. The summed E-state index contributed by atoms with van der Waals surface area (Å²) >= 11 is -0.250. The van der Waals surface area contributed by atoms with Crippen LogP contribution in [0.25, 0.3) is 0 Å². The molecule has 2 N–H and O–H groups in total. The molecule has 0 aliphatic heterocycles. The summed E-state index contributed by atoms with van der Waals surface area (Å²) in [6.07, 6.45) is 0. The van der Waals surface area contributed by atoms with Crippen LogP contribution in [0.5, 0.6) is 0 Å². The van der Waals surface area contributed by atoms with Crippen LogP contribution in [0, 0.1) is 0 Å². The normalized spacial score (nSPS) is 4.50. The van der Waals surface area contributed by atoms with E-state index in [2.05, 4.69) is 0 Å². The average molecular weight is 74.0 g/mol. The van der Waals surface area contributed by atoms with Gasteiger partial charge in [-0.15, -0.1) is 0 Å². The van der Waals surface area contributed by atoms with E-state index in [9.17, 15) is 0 Å². The van der Waals surface area contributed by atoms with Crippen LogP contribution in [0.1, 0.15) is 0 Å². The van der Waals surface area contributed by atoms with Gasteiger partial charge in [0.2, 0.25) is 0 Å². The molecule has 0 spiro atoms. The molecule has 0 fully saturated rings. The quantitative estimate of drug-likeness (QED) is 0.314. The molecule has 0 bridgehead atoms. The third-order valence-corrected chi connectivity index (χ3v) is 0. The molecule has 4 heavy (non-hydrogen) atoms. The second-order valence-electron chi connectivity index (χ2n) is 0.0816. The summed E-state index contributed by atoms with van der Waals surface area (Å²) in [6, 6.07) is 0. The van der Waals surface area contributed by atoms with E-state index < -0.39 is 0 Å². The fourth-order valence-electron chi connectivity index (χ4n) is 0. The van der Waals surface area contributed by atoms with Crippen LogP contribution >= 0.6 is 12.3 Å². The van der Waals surface area contributed by atoms with E-state index in [0.717, 1.165) is 0 Å². The van der Waals surface area contributed by atoms with Crippen molar-refractivity contribution in [2.45, 2.75) is 0 Å². The van der Waals surface area contributed by atoms with Crippen LogP contribution in [0.2, 0.25) is 0 Å². The van der Waals surface area contributed by atoms with E-state index >= 15 is 0 Å². The Kier molecular flexibility index (Phi) is 20.2. The van der Waals surface area contributed by atoms with E-state index in [-0.39, 0.29) is 31.2 Å². The van der Waals surface area contributed by atoms with Crippen molar-refractivity contribution >= 4 is 31.2 Å². The first-order valence-corrected chi connectivity index (χ1v) is 1.10. The number of rotatable bonds is 0. The summed E-state index contributed by atoms with van der Waals surface area (Å²) in [5.41, 5.74) is 0. The maximum atomic E-state index is 7.04. The summed E-state index contributed by atoms with van der Waals surface area (Å²) in [6.45, 7) is 0. The van der Waals surface area contributed by atoms with Crippen molar-refractivity contribution in [1.29, 1.82) is 0 Å². The van der Waals surface area contributed by atoms with Gasteiger partial charge in [0.1, 0.15) is 0 Å². The van der Waals surface area contributed by atoms with Gasteiger partial charge in [0.15, 0.2) is 12.3 Å². The molecular weight excluding hydrogens is 71.0 g/mol. The summed E-state index contributed by atoms with van der Waals surface area (Å²) in [4.78, 5) is 0. The molecule has 0 aromatic heterocycles. The molecule has 0 amide bonds. The van der Waals surface area contributed by atoms with Crippen LogP contribution in [-0.2, 0) is 0 Å². The molecule has 0 saturated heterocycles. The molecular formula is H3LiO2S. The SMILES string of the molecule is OSO.[LiH]. The van der Waals surface area contributed by atoms with Gasteiger partial charge in [0.05, 0.1) is 0 Å². The average Bonchev–Trinajstić information content (AvgIpc) is 0.918. The van der Waals surface area contributed by atoms with Gasteiger partial charge in [-0.3, -0.25) is 0 Å². The predicted octanol–water partition coefficient (Wildman–Crippen LogP) is 0.0171. The zero-order valence-corrected chi connectivity index (χ0v) is 2.12. The molecule has 0 aromatic carbocycles. The third kappa shape index (κ3) is 13.3. The monoisotopic (exact) mass is 74.0 g/mol. The Labute approximate surface area is 40.8 Å². The standard InChI is InChI=1S/Li.H2O2S.H/c;1-3-2;/h;1-2H;. The topological polar surface area (TPSA) is 40.5 Å². The predicted molar refractivity (Wildman–Crippen MR) is 20.0 cm³/mol. The molecule has 0 unspecified atom stereocenters. The first kappa shape index (κ1) is 8.85. The number of hydrogen-bond acceptors (Lipinski definition) is 3. The van der Waals surface area contributed by atoms with Gasteiger partial charge >= 0.3 is 18.9 Å². The minimum absolute atomic E-state index is 0. The van der Waals surface area contributed by atoms with Crippen molar-refractivity contribution in [2.75, 3.05) is 0 Å². The Morgan fingerprint density at radius 1 is 1.25 bits per heavy atom. The Hall–Kier alpha value is 0.867. The number of hydrogen-bond donors (Lipinski definition) is 2. The second-order valence-corrected chi connectivity index (χ2v) is 0.245. The first-order valence-electron chi connectivity index (χ1n) is 0.365. The van der Waals surface area contributed by atoms with Crippen molar-refractivity contribution in [3.8, 4) is 0 Å². The van der Waals surface area contributed by atoms with E-state index in [1.807, 2.05) is 0 Å². The third-order valence-electron chi connectivity index (χ3n) is 0. The van der Waals surface area contributed by atoms with Crippen molar-refractivity contribution in [1.82, 2.24) is 0 Å².